The van der Waals surface area contributed by atoms with E-state index in [2.05, 4.69) is 19.1 Å². The smallest absolute Gasteiger partial charge is 0.264 e. The standard InChI is InChI=1S/C14H21NOS/c1-4-5-6-7-12-8-10-13(11-9-12)16-14(17)15(2)3/h8-11H,4-7H2,1-3H3. The van der Waals surface area contributed by atoms with E-state index in [9.17, 15) is 0 Å². The van der Waals surface area contributed by atoms with Gasteiger partial charge in [0.15, 0.2) is 0 Å². The van der Waals surface area contributed by atoms with Crippen LogP contribution in [0.25, 0.3) is 0 Å². The van der Waals surface area contributed by atoms with Gasteiger partial charge in [0.2, 0.25) is 0 Å². The fourth-order valence-corrected chi connectivity index (χ4v) is 1.59. The molecule has 0 unspecified atom stereocenters. The van der Waals surface area contributed by atoms with Gasteiger partial charge in [-0.05, 0) is 42.8 Å². The summed E-state index contributed by atoms with van der Waals surface area (Å²) in [6, 6.07) is 8.20. The van der Waals surface area contributed by atoms with Gasteiger partial charge in [-0.15, -0.1) is 0 Å². The van der Waals surface area contributed by atoms with Crippen molar-refractivity contribution in [2.24, 2.45) is 0 Å². The fourth-order valence-electron chi connectivity index (χ4n) is 1.50. The molecule has 0 atom stereocenters. The summed E-state index contributed by atoms with van der Waals surface area (Å²) in [5.74, 6) is 0.808. The second kappa shape index (κ2) is 7.28. The quantitative estimate of drug-likeness (QED) is 0.585. The van der Waals surface area contributed by atoms with Crippen molar-refractivity contribution in [1.82, 2.24) is 4.90 Å². The maximum atomic E-state index is 5.51. The van der Waals surface area contributed by atoms with Crippen molar-refractivity contribution in [1.29, 1.82) is 0 Å². The van der Waals surface area contributed by atoms with Crippen LogP contribution in [0.2, 0.25) is 0 Å². The number of rotatable bonds is 5. The first-order valence-electron chi connectivity index (χ1n) is 6.11. The molecule has 0 bridgehead atoms. The lowest BCUT2D eigenvalue weighted by Crippen LogP contribution is -2.24. The lowest BCUT2D eigenvalue weighted by molar-refractivity contribution is 0.449. The van der Waals surface area contributed by atoms with Gasteiger partial charge in [0.05, 0.1) is 0 Å². The predicted octanol–water partition coefficient (Wildman–Crippen LogP) is 3.64. The van der Waals surface area contributed by atoms with E-state index < -0.39 is 0 Å². The van der Waals surface area contributed by atoms with Gasteiger partial charge >= 0.3 is 0 Å². The summed E-state index contributed by atoms with van der Waals surface area (Å²) in [6.07, 6.45) is 4.96. The maximum Gasteiger partial charge on any atom is 0.264 e. The van der Waals surface area contributed by atoms with Crippen molar-refractivity contribution in [2.45, 2.75) is 32.6 Å². The molecule has 3 heteroatoms. The van der Waals surface area contributed by atoms with Gasteiger partial charge < -0.3 is 9.64 Å². The third-order valence-electron chi connectivity index (χ3n) is 2.56. The minimum Gasteiger partial charge on any atom is -0.432 e. The van der Waals surface area contributed by atoms with Crippen LogP contribution >= 0.6 is 12.2 Å². The largest absolute Gasteiger partial charge is 0.432 e. The number of thiocarbonyl (C=S) groups is 1. The lowest BCUT2D eigenvalue weighted by Gasteiger charge is -2.14. The molecule has 0 radical (unpaired) electrons. The Bertz CT molecular complexity index is 346. The number of hydrogen-bond donors (Lipinski definition) is 0. The third-order valence-corrected chi connectivity index (χ3v) is 3.01. The van der Waals surface area contributed by atoms with Crippen molar-refractivity contribution in [3.63, 3.8) is 0 Å². The zero-order valence-electron chi connectivity index (χ0n) is 10.9. The molecule has 1 rings (SSSR count). The molecule has 2 nitrogen and oxygen atoms in total. The zero-order chi connectivity index (χ0) is 12.7. The van der Waals surface area contributed by atoms with Crippen molar-refractivity contribution in [2.75, 3.05) is 14.1 Å². The van der Waals surface area contributed by atoms with Crippen LogP contribution in [0, 0.1) is 0 Å². The van der Waals surface area contributed by atoms with Crippen LogP contribution in [-0.4, -0.2) is 24.2 Å². The third kappa shape index (κ3) is 5.18. The molecular formula is C14H21NOS. The minimum absolute atomic E-state index is 0.490. The molecule has 0 aliphatic rings. The maximum absolute atomic E-state index is 5.51. The summed E-state index contributed by atoms with van der Waals surface area (Å²) in [6.45, 7) is 2.22. The molecule has 0 aliphatic heterocycles. The number of unbranched alkanes of at least 4 members (excludes halogenated alkanes) is 2. The first kappa shape index (κ1) is 14.0. The topological polar surface area (TPSA) is 12.5 Å². The van der Waals surface area contributed by atoms with Crippen molar-refractivity contribution in [3.8, 4) is 5.75 Å². The molecule has 0 aromatic heterocycles. The van der Waals surface area contributed by atoms with Gasteiger partial charge in [0, 0.05) is 14.1 Å². The molecule has 1 aromatic carbocycles. The SMILES string of the molecule is CCCCCc1ccc(OC(=S)N(C)C)cc1. The molecule has 0 N–H and O–H groups in total. The van der Waals surface area contributed by atoms with E-state index in [-0.39, 0.29) is 0 Å². The van der Waals surface area contributed by atoms with Crippen molar-refractivity contribution < 1.29 is 4.74 Å². The van der Waals surface area contributed by atoms with Crippen LogP contribution in [0.15, 0.2) is 24.3 Å². The Kier molecular flexibility index (Phi) is 5.98. The van der Waals surface area contributed by atoms with Crippen LogP contribution in [0.5, 0.6) is 5.75 Å². The Labute approximate surface area is 110 Å². The van der Waals surface area contributed by atoms with Gasteiger partial charge in [-0.1, -0.05) is 31.9 Å². The molecule has 0 saturated carbocycles. The lowest BCUT2D eigenvalue weighted by atomic mass is 10.1. The molecule has 17 heavy (non-hydrogen) atoms. The zero-order valence-corrected chi connectivity index (χ0v) is 11.7. The molecule has 1 aromatic rings. The Balaban J connectivity index is 2.47. The van der Waals surface area contributed by atoms with E-state index in [0.29, 0.717) is 5.17 Å². The number of benzene rings is 1. The molecule has 0 saturated heterocycles. The molecule has 94 valence electrons. The highest BCUT2D eigenvalue weighted by atomic mass is 32.1. The van der Waals surface area contributed by atoms with E-state index in [1.807, 2.05) is 26.2 Å². The predicted molar refractivity (Wildman–Crippen MR) is 76.6 cm³/mol. The van der Waals surface area contributed by atoms with E-state index in [1.54, 1.807) is 4.90 Å². The van der Waals surface area contributed by atoms with Crippen molar-refractivity contribution in [3.05, 3.63) is 29.8 Å². The second-order valence-corrected chi connectivity index (χ2v) is 4.71. The van der Waals surface area contributed by atoms with Gasteiger partial charge in [-0.2, -0.15) is 0 Å². The Morgan fingerprint density at radius 1 is 1.18 bits per heavy atom. The number of nitrogens with zero attached hydrogens (tertiary/aromatic N) is 1. The molecule has 0 spiro atoms. The number of hydrogen-bond acceptors (Lipinski definition) is 2. The normalized spacial score (nSPS) is 10.1. The highest BCUT2D eigenvalue weighted by Gasteiger charge is 2.02. The highest BCUT2D eigenvalue weighted by molar-refractivity contribution is 7.80. The molecule has 0 heterocycles. The molecular weight excluding hydrogens is 230 g/mol. The Morgan fingerprint density at radius 3 is 2.35 bits per heavy atom. The van der Waals surface area contributed by atoms with Crippen LogP contribution in [0.1, 0.15) is 31.7 Å². The summed E-state index contributed by atoms with van der Waals surface area (Å²) in [5, 5.41) is 0.490. The minimum atomic E-state index is 0.490. The van der Waals surface area contributed by atoms with Gasteiger partial charge in [-0.3, -0.25) is 0 Å². The summed E-state index contributed by atoms with van der Waals surface area (Å²) >= 11 is 5.08. The summed E-state index contributed by atoms with van der Waals surface area (Å²) < 4.78 is 5.51. The highest BCUT2D eigenvalue weighted by Crippen LogP contribution is 2.15. The fraction of sp³-hybridized carbons (Fsp3) is 0.500. The van der Waals surface area contributed by atoms with E-state index in [4.69, 9.17) is 17.0 Å². The summed E-state index contributed by atoms with van der Waals surface area (Å²) in [7, 11) is 3.75. The van der Waals surface area contributed by atoms with Crippen LogP contribution in [0.4, 0.5) is 0 Å². The first-order chi connectivity index (χ1) is 8.13. The van der Waals surface area contributed by atoms with Crippen molar-refractivity contribution >= 4 is 17.4 Å². The van der Waals surface area contributed by atoms with Crippen LogP contribution in [0.3, 0.4) is 0 Å². The molecule has 0 amide bonds. The monoisotopic (exact) mass is 251 g/mol. The molecule has 0 fully saturated rings. The Morgan fingerprint density at radius 2 is 1.82 bits per heavy atom. The molecule has 0 aliphatic carbocycles. The number of aryl methyl sites for hydroxylation is 1. The Hall–Kier alpha value is -1.09. The van der Waals surface area contributed by atoms with Gasteiger partial charge in [-0.25, -0.2) is 0 Å². The number of ether oxygens (including phenoxy) is 1. The summed E-state index contributed by atoms with van der Waals surface area (Å²) in [4.78, 5) is 1.78. The second-order valence-electron chi connectivity index (χ2n) is 4.36. The summed E-state index contributed by atoms with van der Waals surface area (Å²) in [5.41, 5.74) is 1.36. The van der Waals surface area contributed by atoms with Crippen LogP contribution in [-0.2, 0) is 6.42 Å². The van der Waals surface area contributed by atoms with Gasteiger partial charge in [0.1, 0.15) is 5.75 Å². The van der Waals surface area contributed by atoms with E-state index >= 15 is 0 Å². The average Bonchev–Trinajstić information content (AvgIpc) is 2.31. The average molecular weight is 251 g/mol. The van der Waals surface area contributed by atoms with Crippen LogP contribution < -0.4 is 4.74 Å². The van der Waals surface area contributed by atoms with E-state index in [1.165, 1.54) is 24.8 Å². The first-order valence-corrected chi connectivity index (χ1v) is 6.52. The van der Waals surface area contributed by atoms with Gasteiger partial charge in [0.25, 0.3) is 5.17 Å². The van der Waals surface area contributed by atoms with E-state index in [0.717, 1.165) is 12.2 Å².